The van der Waals surface area contributed by atoms with Crippen LogP contribution in [0.4, 0.5) is 0 Å². The van der Waals surface area contributed by atoms with Gasteiger partial charge < -0.3 is 0 Å². The van der Waals surface area contributed by atoms with E-state index in [1.54, 1.807) is 42.2 Å². The van der Waals surface area contributed by atoms with Crippen molar-refractivity contribution in [3.63, 3.8) is 0 Å². The molecule has 482 valence electrons. The zero-order valence-electron chi connectivity index (χ0n) is 63.0. The van der Waals surface area contributed by atoms with Crippen LogP contribution in [0.1, 0.15) is 54.0 Å². The first kappa shape index (κ1) is 85.0. The van der Waals surface area contributed by atoms with E-state index in [-0.39, 0.29) is 8.14 Å². The van der Waals surface area contributed by atoms with Crippen LogP contribution in [0.5, 0.6) is 0 Å². The second kappa shape index (κ2) is 28.0. The predicted octanol–water partition coefficient (Wildman–Crippen LogP) is 23.4. The van der Waals surface area contributed by atoms with Crippen molar-refractivity contribution in [2.24, 2.45) is 0 Å². The monoisotopic (exact) mass is 1590 g/mol. The van der Waals surface area contributed by atoms with E-state index < -0.39 is 140 Å². The Bertz CT molecular complexity index is 2070. The predicted molar refractivity (Wildman–Crippen MR) is 444 cm³/mol. The van der Waals surface area contributed by atoms with E-state index in [9.17, 15) is 0 Å². The number of hydrogen-bond acceptors (Lipinski definition) is 0. The molecule has 0 aromatic heterocycles. The van der Waals surface area contributed by atoms with Crippen molar-refractivity contribution in [2.45, 2.75) is 315 Å². The van der Waals surface area contributed by atoms with Gasteiger partial charge in [-0.3, -0.25) is 0 Å². The number of rotatable bonds is 25. The zero-order valence-corrected chi connectivity index (χ0v) is 85.3. The van der Waals surface area contributed by atoms with Gasteiger partial charge in [-0.1, -0.05) is 0 Å². The third-order valence-corrected chi connectivity index (χ3v) is 112. The summed E-state index contributed by atoms with van der Waals surface area (Å²) in [5.41, 5.74) is 10.8. The first-order chi connectivity index (χ1) is 35.9. The quantitative estimate of drug-likeness (QED) is 0.0687. The third-order valence-electron chi connectivity index (χ3n) is 19.3. The van der Waals surface area contributed by atoms with Gasteiger partial charge in [0.25, 0.3) is 8.14 Å². The van der Waals surface area contributed by atoms with Gasteiger partial charge in [0.15, 0.2) is 0 Å². The Balaban J connectivity index is 0.0000112. The molecule has 21 heteroatoms. The van der Waals surface area contributed by atoms with Gasteiger partial charge >= 0.3 is 541 Å². The second-order valence-corrected chi connectivity index (χ2v) is 135. The van der Waals surface area contributed by atoms with Crippen LogP contribution in [-0.2, 0) is 8.57 Å². The molecule has 0 bridgehead atoms. The van der Waals surface area contributed by atoms with Gasteiger partial charge in [-0.05, 0) is 0 Å². The van der Waals surface area contributed by atoms with E-state index in [0.29, 0.717) is 29.2 Å². The minimum absolute atomic E-state index is 0.0278. The molecule has 0 amide bonds. The van der Waals surface area contributed by atoms with Crippen LogP contribution in [0.25, 0.3) is 0 Å². The van der Waals surface area contributed by atoms with Crippen molar-refractivity contribution in [1.29, 1.82) is 0 Å². The summed E-state index contributed by atoms with van der Waals surface area (Å²) in [6.45, 7) is 116. The SMILES string of the molecule is C[Si](C)(C)C(c1cc(C([Si](C)(C)C)([Si](C)(C)C)[Si](C)(C)C)cc(C([Si](C)(C)C)[Si](C)(C)C)[c]1[Ge]([Cl])[CH2][CH2][Ge]([Cl])[c]1c(C([Si](C)(C)C)[Si](C)(C)C)cc(C([Si](C)(C)C)([Si](C)(C)C)[Si](C)(C)C)cc1C([Si](C)(C)C)[Si](C)(C)C)[Si](C)(C)C.Cl[Si]Cl. The van der Waals surface area contributed by atoms with E-state index in [0.717, 1.165) is 10.5 Å². The first-order valence-electron chi connectivity index (χ1n) is 32.2. The summed E-state index contributed by atoms with van der Waals surface area (Å²) in [4.78, 5) is 0. The van der Waals surface area contributed by atoms with Crippen molar-refractivity contribution >= 4 is 199 Å². The third kappa shape index (κ3) is 18.9. The van der Waals surface area contributed by atoms with E-state index in [1.165, 1.54) is 0 Å². The van der Waals surface area contributed by atoms with Gasteiger partial charge in [0.2, 0.25) is 0 Å². The molecular weight excluding hydrogens is 1450 g/mol. The van der Waals surface area contributed by atoms with Crippen molar-refractivity contribution in [3.05, 3.63) is 57.6 Å². The molecule has 0 aliphatic rings. The fourth-order valence-electron chi connectivity index (χ4n) is 22.1. The molecule has 0 saturated heterocycles. The maximum Gasteiger partial charge on any atom is 0.295 e. The van der Waals surface area contributed by atoms with Gasteiger partial charge in [0, 0.05) is 0 Å². The van der Waals surface area contributed by atoms with Crippen LogP contribution in [-0.4, -0.2) is 148 Å². The molecule has 0 saturated carbocycles. The number of benzene rings is 2. The molecule has 0 fully saturated rings. The largest absolute Gasteiger partial charge is 0.295 e. The van der Waals surface area contributed by atoms with Crippen molar-refractivity contribution < 1.29 is 0 Å². The summed E-state index contributed by atoms with van der Waals surface area (Å²) in [6, 6.07) is 12.1. The molecule has 0 N–H and O–H groups in total. The van der Waals surface area contributed by atoms with E-state index in [1.807, 2.05) is 0 Å². The average Bonchev–Trinajstić information content (AvgIpc) is 3.09. The molecule has 0 atom stereocenters. The Morgan fingerprint density at radius 2 is 0.410 bits per heavy atom. The molecule has 2 aromatic carbocycles. The van der Waals surface area contributed by atoms with Gasteiger partial charge in [-0.15, -0.1) is 22.2 Å². The summed E-state index contributed by atoms with van der Waals surface area (Å²) in [6.07, 6.45) is 0. The molecule has 0 aliphatic carbocycles. The Hall–Kier alpha value is 3.94. The van der Waals surface area contributed by atoms with Gasteiger partial charge in [-0.2, -0.15) is 0 Å². The Labute approximate surface area is 564 Å². The minimum atomic E-state index is -2.55. The summed E-state index contributed by atoms with van der Waals surface area (Å²) in [5, 5.41) is 4.85. The van der Waals surface area contributed by atoms with E-state index in [2.05, 4.69) is 299 Å². The molecule has 4 radical (unpaired) electrons. The average molecular weight is 1590 g/mol. The molecule has 2 rings (SSSR count). The normalized spacial score (nSPS) is 15.4. The molecule has 83 heavy (non-hydrogen) atoms. The maximum atomic E-state index is 8.97. The molecule has 0 unspecified atom stereocenters. The standard InChI is InChI=1S/C62H138Cl2Ge2Si14.Cl2Si/c1-67(2,3)57(68(4,5)6)51-45-49(61(75(25,26)27,76(28,29)30)77(31,32)33)46-52(58(69(7,8)9)70(10,11)12)55(51)65(63)43-44-66(64)56-53(59(71(13,14)15)72(16,17)18)47-50(48-54(56)60(73(19,20)21)74(22,23)24)62(78(34,35)36,79(37,38)39)80(40,41)42;1-3-2/h45-48,57-60H,43-44H2,1-42H3;. The minimum Gasteiger partial charge on any atom is -0.148 e. The van der Waals surface area contributed by atoms with Crippen molar-refractivity contribution in [3.8, 4) is 0 Å². The first-order valence-corrected chi connectivity index (χ1v) is 95.5. The fourth-order valence-corrected chi connectivity index (χ4v) is 154. The van der Waals surface area contributed by atoms with Crippen LogP contribution in [0.3, 0.4) is 0 Å². The van der Waals surface area contributed by atoms with E-state index >= 15 is 0 Å². The van der Waals surface area contributed by atoms with E-state index in [4.69, 9.17) is 42.2 Å². The smallest absolute Gasteiger partial charge is 0.148 e. The Morgan fingerprint density at radius 3 is 0.506 bits per heavy atom. The van der Waals surface area contributed by atoms with Crippen LogP contribution in [0.15, 0.2) is 24.3 Å². The van der Waals surface area contributed by atoms with Crippen molar-refractivity contribution in [1.82, 2.24) is 0 Å². The van der Waals surface area contributed by atoms with Gasteiger partial charge in [-0.25, -0.2) is 0 Å². The number of halogens is 4. The summed E-state index contributed by atoms with van der Waals surface area (Å²) in [5.74, 6) is 0. The van der Waals surface area contributed by atoms with Crippen LogP contribution < -0.4 is 8.79 Å². The maximum absolute atomic E-state index is 8.97. The van der Waals surface area contributed by atoms with Crippen LogP contribution in [0.2, 0.25) is 285 Å². The summed E-state index contributed by atoms with van der Waals surface area (Å²) < 4.78 is 4.16. The molecule has 2 aromatic rings. The van der Waals surface area contributed by atoms with Crippen LogP contribution >= 0.6 is 42.2 Å². The number of hydrogen-bond donors (Lipinski definition) is 0. The molecular formula is C62H138Cl4Ge2Si15. The van der Waals surface area contributed by atoms with Gasteiger partial charge in [0.1, 0.15) is 0 Å². The molecule has 0 heterocycles. The second-order valence-electron chi connectivity index (χ2n) is 41.1. The Morgan fingerprint density at radius 1 is 0.289 bits per heavy atom. The Kier molecular flexibility index (Phi) is 28.6. The summed E-state index contributed by atoms with van der Waals surface area (Å²) in [7, 11) is -7.33. The molecule has 0 spiro atoms. The fraction of sp³-hybridized carbons (Fsp3) is 0.806. The zero-order chi connectivity index (χ0) is 67.0. The topological polar surface area (TPSA) is 0 Å². The molecule has 0 nitrogen and oxygen atoms in total. The van der Waals surface area contributed by atoms with Crippen molar-refractivity contribution in [2.75, 3.05) is 0 Å². The van der Waals surface area contributed by atoms with Crippen LogP contribution in [0, 0.1) is 0 Å². The van der Waals surface area contributed by atoms with Gasteiger partial charge in [0.05, 0.1) is 0 Å². The summed E-state index contributed by atoms with van der Waals surface area (Å²) >= 11 is 4.49. The molecule has 0 aliphatic heterocycles.